The van der Waals surface area contributed by atoms with Crippen LogP contribution in [0.3, 0.4) is 0 Å². The van der Waals surface area contributed by atoms with Crippen LogP contribution in [0, 0.1) is 5.41 Å². The minimum atomic E-state index is -4.64. The average molecular weight is 318 g/mol. The highest BCUT2D eigenvalue weighted by Gasteiger charge is 2.60. The van der Waals surface area contributed by atoms with Crippen LogP contribution < -0.4 is 0 Å². The number of esters is 1. The van der Waals surface area contributed by atoms with Crippen molar-refractivity contribution < 1.29 is 27.4 Å². The second-order valence-electron chi connectivity index (χ2n) is 6.37. The molecule has 0 atom stereocenters. The highest BCUT2D eigenvalue weighted by atomic mass is 19.4. The van der Waals surface area contributed by atoms with Crippen LogP contribution in [0.4, 0.5) is 13.2 Å². The van der Waals surface area contributed by atoms with Crippen LogP contribution in [0.1, 0.15) is 42.7 Å². The van der Waals surface area contributed by atoms with Crippen molar-refractivity contribution in [1.82, 2.24) is 9.78 Å². The Morgan fingerprint density at radius 3 is 2.68 bits per heavy atom. The number of alkyl halides is 3. The quantitative estimate of drug-likeness (QED) is 0.801. The van der Waals surface area contributed by atoms with Gasteiger partial charge in [-0.05, 0) is 26.7 Å². The molecule has 0 radical (unpaired) electrons. The Kier molecular flexibility index (Phi) is 3.28. The largest absolute Gasteiger partial charge is 0.461 e. The number of hydrogen-bond donors (Lipinski definition) is 0. The second kappa shape index (κ2) is 4.71. The summed E-state index contributed by atoms with van der Waals surface area (Å²) in [7, 11) is 0. The Morgan fingerprint density at radius 2 is 2.18 bits per heavy atom. The molecule has 1 aromatic heterocycles. The van der Waals surface area contributed by atoms with Gasteiger partial charge >= 0.3 is 12.1 Å². The number of carbonyl (C=O) groups excluding carboxylic acids is 1. The first-order valence-corrected chi connectivity index (χ1v) is 7.12. The lowest BCUT2D eigenvalue weighted by Crippen LogP contribution is -2.44. The number of ether oxygens (including phenoxy) is 2. The van der Waals surface area contributed by atoms with E-state index in [0.717, 1.165) is 17.5 Å². The van der Waals surface area contributed by atoms with Gasteiger partial charge in [0.25, 0.3) is 0 Å². The van der Waals surface area contributed by atoms with Gasteiger partial charge in [0.05, 0.1) is 25.0 Å². The number of aromatic nitrogens is 2. The van der Waals surface area contributed by atoms with E-state index in [1.54, 1.807) is 6.92 Å². The maximum absolute atomic E-state index is 13.1. The van der Waals surface area contributed by atoms with E-state index in [2.05, 4.69) is 5.10 Å². The predicted molar refractivity (Wildman–Crippen MR) is 69.2 cm³/mol. The van der Waals surface area contributed by atoms with Gasteiger partial charge in [0.1, 0.15) is 5.56 Å². The number of halogens is 3. The molecule has 5 nitrogen and oxygen atoms in total. The normalized spacial score (nSPS) is 30.2. The van der Waals surface area contributed by atoms with Crippen LogP contribution in [0.5, 0.6) is 0 Å². The fraction of sp³-hybridized carbons (Fsp3) is 0.714. The van der Waals surface area contributed by atoms with Crippen molar-refractivity contribution in [3.05, 3.63) is 17.5 Å². The van der Waals surface area contributed by atoms with Crippen molar-refractivity contribution in [2.24, 2.45) is 5.41 Å². The minimum Gasteiger partial charge on any atom is -0.461 e. The topological polar surface area (TPSA) is 53.3 Å². The summed E-state index contributed by atoms with van der Waals surface area (Å²) >= 11 is 0. The number of hydrogen-bond acceptors (Lipinski definition) is 4. The molecule has 0 aromatic carbocycles. The summed E-state index contributed by atoms with van der Waals surface area (Å²) in [5.74, 6) is -0.996. The van der Waals surface area contributed by atoms with Gasteiger partial charge in [-0.2, -0.15) is 18.3 Å². The smallest absolute Gasteiger partial charge is 0.420 e. The highest BCUT2D eigenvalue weighted by molar-refractivity contribution is 5.89. The monoisotopic (exact) mass is 318 g/mol. The molecule has 2 saturated heterocycles. The first-order valence-electron chi connectivity index (χ1n) is 7.12. The summed E-state index contributed by atoms with van der Waals surface area (Å²) in [6, 6.07) is 0. The lowest BCUT2D eigenvalue weighted by atomic mass is 9.63. The van der Waals surface area contributed by atoms with Crippen molar-refractivity contribution >= 4 is 5.97 Å². The predicted octanol–water partition coefficient (Wildman–Crippen LogP) is 2.65. The molecule has 1 aliphatic carbocycles. The molecule has 8 heteroatoms. The van der Waals surface area contributed by atoms with Gasteiger partial charge in [-0.3, -0.25) is 4.68 Å². The van der Waals surface area contributed by atoms with Gasteiger partial charge in [0, 0.05) is 12.0 Å². The van der Waals surface area contributed by atoms with E-state index >= 15 is 0 Å². The van der Waals surface area contributed by atoms with E-state index in [-0.39, 0.29) is 24.2 Å². The first kappa shape index (κ1) is 15.3. The number of fused-ring (bicyclic) bond motifs is 1. The molecule has 1 aromatic rings. The summed E-state index contributed by atoms with van der Waals surface area (Å²) in [5, 5.41) is 3.78. The van der Waals surface area contributed by atoms with Crippen molar-refractivity contribution in [2.45, 2.75) is 45.0 Å². The fourth-order valence-corrected chi connectivity index (χ4v) is 3.67. The SMILES string of the molecule is CCOC(=O)c1c(C(F)(F)F)cnn1CC12COC(C)(C1)C2. The lowest BCUT2D eigenvalue weighted by Gasteiger charge is -2.42. The summed E-state index contributed by atoms with van der Waals surface area (Å²) in [6.45, 7) is 4.24. The van der Waals surface area contributed by atoms with Crippen LogP contribution in [0.2, 0.25) is 0 Å². The molecule has 0 unspecified atom stereocenters. The molecule has 4 rings (SSSR count). The molecule has 1 saturated carbocycles. The average Bonchev–Trinajstić information content (AvgIpc) is 2.99. The zero-order chi connectivity index (χ0) is 16.2. The minimum absolute atomic E-state index is 0.00757. The third-order valence-corrected chi connectivity index (χ3v) is 4.32. The van der Waals surface area contributed by atoms with E-state index in [4.69, 9.17) is 9.47 Å². The fourth-order valence-electron chi connectivity index (χ4n) is 3.67. The zero-order valence-corrected chi connectivity index (χ0v) is 12.4. The summed E-state index contributed by atoms with van der Waals surface area (Å²) in [6.07, 6.45) is -2.41. The van der Waals surface area contributed by atoms with Crippen LogP contribution in [-0.2, 0) is 22.2 Å². The number of carbonyl (C=O) groups is 1. The van der Waals surface area contributed by atoms with Crippen molar-refractivity contribution in [3.8, 4) is 0 Å². The maximum Gasteiger partial charge on any atom is 0.420 e. The van der Waals surface area contributed by atoms with Gasteiger partial charge in [0.2, 0.25) is 0 Å². The molecule has 22 heavy (non-hydrogen) atoms. The molecular formula is C14H17F3N2O3. The summed E-state index contributed by atoms with van der Waals surface area (Å²) in [4.78, 5) is 11.9. The van der Waals surface area contributed by atoms with Crippen molar-refractivity contribution in [3.63, 3.8) is 0 Å². The number of nitrogens with zero attached hydrogens (tertiary/aromatic N) is 2. The van der Waals surface area contributed by atoms with E-state index in [9.17, 15) is 18.0 Å². The number of rotatable bonds is 4. The summed E-state index contributed by atoms with van der Waals surface area (Å²) < 4.78 is 50.7. The Labute approximate surface area is 125 Å². The van der Waals surface area contributed by atoms with Gasteiger partial charge < -0.3 is 9.47 Å². The van der Waals surface area contributed by atoms with Gasteiger partial charge in [-0.25, -0.2) is 4.79 Å². The molecule has 122 valence electrons. The molecule has 2 aliphatic heterocycles. The second-order valence-corrected chi connectivity index (χ2v) is 6.37. The molecule has 3 fully saturated rings. The Bertz CT molecular complexity index is 603. The molecule has 0 N–H and O–H groups in total. The van der Waals surface area contributed by atoms with E-state index < -0.39 is 23.4 Å². The van der Waals surface area contributed by atoms with Crippen molar-refractivity contribution in [2.75, 3.05) is 13.2 Å². The van der Waals surface area contributed by atoms with Gasteiger partial charge in [-0.1, -0.05) is 0 Å². The molecule has 0 spiro atoms. The first-order chi connectivity index (χ1) is 10.2. The molecule has 2 bridgehead atoms. The van der Waals surface area contributed by atoms with E-state index in [0.29, 0.717) is 12.8 Å². The summed E-state index contributed by atoms with van der Waals surface area (Å²) in [5.41, 5.74) is -1.98. The van der Waals surface area contributed by atoms with Gasteiger partial charge in [-0.15, -0.1) is 0 Å². The maximum atomic E-state index is 13.1. The van der Waals surface area contributed by atoms with Crippen LogP contribution in [0.15, 0.2) is 6.20 Å². The van der Waals surface area contributed by atoms with E-state index in [1.165, 1.54) is 0 Å². The zero-order valence-electron chi connectivity index (χ0n) is 12.4. The van der Waals surface area contributed by atoms with Crippen LogP contribution in [-0.4, -0.2) is 34.6 Å². The Morgan fingerprint density at radius 1 is 1.50 bits per heavy atom. The third-order valence-electron chi connectivity index (χ3n) is 4.32. The Hall–Kier alpha value is -1.57. The van der Waals surface area contributed by atoms with Crippen LogP contribution >= 0.6 is 0 Å². The molecular weight excluding hydrogens is 301 g/mol. The molecule has 0 amide bonds. The molecule has 3 heterocycles. The highest BCUT2D eigenvalue weighted by Crippen LogP contribution is 2.58. The van der Waals surface area contributed by atoms with Crippen LogP contribution in [0.25, 0.3) is 0 Å². The molecule has 3 aliphatic rings. The standard InChI is InChI=1S/C14H17F3N2O3/c1-3-21-11(20)10-9(14(15,16)17)4-18-19(10)7-13-5-12(2,6-13)22-8-13/h4H,3,5-8H2,1-2H3. The van der Waals surface area contributed by atoms with E-state index in [1.807, 2.05) is 6.92 Å². The lowest BCUT2D eigenvalue weighted by molar-refractivity contribution is -0.138. The Balaban J connectivity index is 1.91. The van der Waals surface area contributed by atoms with Gasteiger partial charge in [0.15, 0.2) is 5.69 Å². The third kappa shape index (κ3) is 2.39. The van der Waals surface area contributed by atoms with Crippen molar-refractivity contribution in [1.29, 1.82) is 0 Å².